The van der Waals surface area contributed by atoms with Crippen molar-refractivity contribution in [1.82, 2.24) is 14.8 Å². The van der Waals surface area contributed by atoms with Gasteiger partial charge in [-0.2, -0.15) is 0 Å². The number of furan rings is 1. The van der Waals surface area contributed by atoms with Gasteiger partial charge in [-0.1, -0.05) is 42.1 Å². The van der Waals surface area contributed by atoms with Gasteiger partial charge in [-0.3, -0.25) is 4.57 Å². The molecule has 0 amide bonds. The number of para-hydroxylation sites is 1. The zero-order valence-electron chi connectivity index (χ0n) is 15.1. The number of rotatable bonds is 6. The van der Waals surface area contributed by atoms with Crippen LogP contribution in [0.3, 0.4) is 0 Å². The van der Waals surface area contributed by atoms with Gasteiger partial charge < -0.3 is 9.15 Å². The molecule has 0 aliphatic rings. The minimum Gasteiger partial charge on any atom is -0.497 e. The molecule has 5 nitrogen and oxygen atoms in total. The van der Waals surface area contributed by atoms with E-state index in [0.29, 0.717) is 11.6 Å². The van der Waals surface area contributed by atoms with Gasteiger partial charge in [0, 0.05) is 5.75 Å². The average molecular weight is 377 g/mol. The lowest BCUT2D eigenvalue weighted by molar-refractivity contribution is 0.414. The number of methoxy groups -OCH3 is 1. The largest absolute Gasteiger partial charge is 0.497 e. The molecule has 2 aromatic heterocycles. The molecule has 0 N–H and O–H groups in total. The zero-order valence-corrected chi connectivity index (χ0v) is 15.9. The fourth-order valence-electron chi connectivity index (χ4n) is 2.83. The monoisotopic (exact) mass is 377 g/mol. The Hall–Kier alpha value is -2.99. The van der Waals surface area contributed by atoms with E-state index in [9.17, 15) is 0 Å². The van der Waals surface area contributed by atoms with E-state index in [0.717, 1.165) is 27.9 Å². The van der Waals surface area contributed by atoms with Crippen molar-refractivity contribution in [2.75, 3.05) is 7.11 Å². The highest BCUT2D eigenvalue weighted by Gasteiger charge is 2.19. The molecule has 0 aliphatic carbocycles. The third kappa shape index (κ3) is 3.61. The maximum absolute atomic E-state index is 5.58. The second kappa shape index (κ2) is 7.72. The van der Waals surface area contributed by atoms with E-state index in [1.807, 2.05) is 36.4 Å². The van der Waals surface area contributed by atoms with E-state index in [4.69, 9.17) is 9.15 Å². The molecule has 0 unspecified atom stereocenters. The van der Waals surface area contributed by atoms with Crippen LogP contribution in [-0.2, 0) is 5.75 Å². The van der Waals surface area contributed by atoms with Crippen LogP contribution >= 0.6 is 11.8 Å². The number of hydrogen-bond donors (Lipinski definition) is 0. The zero-order chi connectivity index (χ0) is 18.6. The van der Waals surface area contributed by atoms with Crippen LogP contribution in [0.2, 0.25) is 0 Å². The fourth-order valence-corrected chi connectivity index (χ4v) is 3.73. The Morgan fingerprint density at radius 3 is 2.52 bits per heavy atom. The number of nitrogens with zero attached hydrogens (tertiary/aromatic N) is 3. The average Bonchev–Trinajstić information content (AvgIpc) is 3.37. The predicted molar refractivity (Wildman–Crippen MR) is 106 cm³/mol. The highest BCUT2D eigenvalue weighted by atomic mass is 32.2. The lowest BCUT2D eigenvalue weighted by Gasteiger charge is -2.12. The van der Waals surface area contributed by atoms with E-state index in [-0.39, 0.29) is 0 Å². The number of ether oxygens (including phenoxy) is 1. The van der Waals surface area contributed by atoms with Gasteiger partial charge in [0.2, 0.25) is 5.82 Å². The van der Waals surface area contributed by atoms with Crippen LogP contribution in [0.1, 0.15) is 11.1 Å². The molecule has 0 saturated carbocycles. The standard InChI is InChI=1S/C21H19N3O2S/c1-15-6-3-4-7-18(15)24-20(19-8-5-13-26-19)22-23-21(24)27-14-16-9-11-17(25-2)12-10-16/h3-13H,14H2,1-2H3. The van der Waals surface area contributed by atoms with Crippen molar-refractivity contribution in [3.05, 3.63) is 78.1 Å². The first-order valence-electron chi connectivity index (χ1n) is 8.57. The molecule has 0 saturated heterocycles. The lowest BCUT2D eigenvalue weighted by Crippen LogP contribution is -2.01. The summed E-state index contributed by atoms with van der Waals surface area (Å²) in [4.78, 5) is 0. The Morgan fingerprint density at radius 1 is 1.00 bits per heavy atom. The Labute approximate surface area is 162 Å². The molecule has 0 aliphatic heterocycles. The number of benzene rings is 2. The van der Waals surface area contributed by atoms with Gasteiger partial charge in [-0.05, 0) is 48.4 Å². The minimum atomic E-state index is 0.696. The lowest BCUT2D eigenvalue weighted by atomic mass is 10.2. The topological polar surface area (TPSA) is 53.1 Å². The van der Waals surface area contributed by atoms with Gasteiger partial charge in [-0.15, -0.1) is 10.2 Å². The molecular weight excluding hydrogens is 358 g/mol. The molecule has 4 rings (SSSR count). The van der Waals surface area contributed by atoms with Gasteiger partial charge >= 0.3 is 0 Å². The summed E-state index contributed by atoms with van der Waals surface area (Å²) in [5.74, 6) is 3.03. The number of thioether (sulfide) groups is 1. The summed E-state index contributed by atoms with van der Waals surface area (Å²) in [5, 5.41) is 9.65. The van der Waals surface area contributed by atoms with Crippen LogP contribution in [0.15, 0.2) is 76.5 Å². The molecule has 0 bridgehead atoms. The second-order valence-electron chi connectivity index (χ2n) is 6.04. The van der Waals surface area contributed by atoms with Crippen LogP contribution in [0.4, 0.5) is 0 Å². The summed E-state index contributed by atoms with van der Waals surface area (Å²) in [6.07, 6.45) is 1.65. The highest BCUT2D eigenvalue weighted by Crippen LogP contribution is 2.31. The van der Waals surface area contributed by atoms with E-state index < -0.39 is 0 Å². The quantitative estimate of drug-likeness (QED) is 0.436. The van der Waals surface area contributed by atoms with Crippen LogP contribution in [0.5, 0.6) is 5.75 Å². The van der Waals surface area contributed by atoms with Gasteiger partial charge in [0.25, 0.3) is 0 Å². The summed E-state index contributed by atoms with van der Waals surface area (Å²) < 4.78 is 12.9. The fraction of sp³-hybridized carbons (Fsp3) is 0.143. The number of hydrogen-bond acceptors (Lipinski definition) is 5. The van der Waals surface area contributed by atoms with Gasteiger partial charge in [0.15, 0.2) is 10.9 Å². The summed E-state index contributed by atoms with van der Waals surface area (Å²) in [6.45, 7) is 2.08. The molecule has 0 atom stereocenters. The molecular formula is C21H19N3O2S. The van der Waals surface area contributed by atoms with Gasteiger partial charge in [0.1, 0.15) is 5.75 Å². The van der Waals surface area contributed by atoms with Crippen molar-refractivity contribution < 1.29 is 9.15 Å². The molecule has 2 heterocycles. The first-order chi connectivity index (χ1) is 13.3. The Kier molecular flexibility index (Phi) is 4.98. The van der Waals surface area contributed by atoms with Crippen molar-refractivity contribution in [3.63, 3.8) is 0 Å². The Bertz CT molecular complexity index is 1020. The normalized spacial score (nSPS) is 10.9. The third-order valence-electron chi connectivity index (χ3n) is 4.26. The first-order valence-corrected chi connectivity index (χ1v) is 9.56. The molecule has 0 radical (unpaired) electrons. The van der Waals surface area contributed by atoms with Crippen LogP contribution < -0.4 is 4.74 Å². The van der Waals surface area contributed by atoms with Gasteiger partial charge in [-0.25, -0.2) is 0 Å². The summed E-state index contributed by atoms with van der Waals surface area (Å²) >= 11 is 1.64. The molecule has 4 aromatic rings. The summed E-state index contributed by atoms with van der Waals surface area (Å²) in [5.41, 5.74) is 3.39. The molecule has 2 aromatic carbocycles. The molecule has 0 spiro atoms. The highest BCUT2D eigenvalue weighted by molar-refractivity contribution is 7.98. The molecule has 6 heteroatoms. The SMILES string of the molecule is COc1ccc(CSc2nnc(-c3ccco3)n2-c2ccccc2C)cc1. The van der Waals surface area contributed by atoms with Crippen LogP contribution in [-0.4, -0.2) is 21.9 Å². The van der Waals surface area contributed by atoms with Crippen molar-refractivity contribution >= 4 is 11.8 Å². The molecule has 27 heavy (non-hydrogen) atoms. The van der Waals surface area contributed by atoms with E-state index in [2.05, 4.69) is 46.0 Å². The Balaban J connectivity index is 1.69. The van der Waals surface area contributed by atoms with Gasteiger partial charge in [0.05, 0.1) is 19.1 Å². The van der Waals surface area contributed by atoms with Crippen LogP contribution in [0, 0.1) is 6.92 Å². The minimum absolute atomic E-state index is 0.696. The number of aryl methyl sites for hydroxylation is 1. The van der Waals surface area contributed by atoms with E-state index >= 15 is 0 Å². The van der Waals surface area contributed by atoms with Crippen LogP contribution in [0.25, 0.3) is 17.3 Å². The van der Waals surface area contributed by atoms with Crippen molar-refractivity contribution in [1.29, 1.82) is 0 Å². The van der Waals surface area contributed by atoms with Crippen molar-refractivity contribution in [2.45, 2.75) is 17.8 Å². The Morgan fingerprint density at radius 2 is 1.81 bits per heavy atom. The molecule has 136 valence electrons. The summed E-state index contributed by atoms with van der Waals surface area (Å²) in [6, 6.07) is 20.0. The van der Waals surface area contributed by atoms with E-state index in [1.54, 1.807) is 25.1 Å². The summed E-state index contributed by atoms with van der Waals surface area (Å²) in [7, 11) is 1.67. The predicted octanol–water partition coefficient (Wildman–Crippen LogP) is 5.14. The van der Waals surface area contributed by atoms with Crippen molar-refractivity contribution in [3.8, 4) is 23.0 Å². The maximum Gasteiger partial charge on any atom is 0.205 e. The maximum atomic E-state index is 5.58. The first kappa shape index (κ1) is 17.4. The molecule has 0 fully saturated rings. The second-order valence-corrected chi connectivity index (χ2v) is 6.98. The number of aromatic nitrogens is 3. The van der Waals surface area contributed by atoms with Crippen molar-refractivity contribution in [2.24, 2.45) is 0 Å². The van der Waals surface area contributed by atoms with E-state index in [1.165, 1.54) is 5.56 Å². The smallest absolute Gasteiger partial charge is 0.205 e. The third-order valence-corrected chi connectivity index (χ3v) is 5.26.